The fourth-order valence-corrected chi connectivity index (χ4v) is 3.27. The number of nitro groups is 1. The van der Waals surface area contributed by atoms with Gasteiger partial charge in [-0.25, -0.2) is 4.98 Å². The molecule has 0 saturated heterocycles. The number of aromatic amines is 1. The normalized spacial score (nSPS) is 11.4. The Morgan fingerprint density at radius 1 is 1.27 bits per heavy atom. The van der Waals surface area contributed by atoms with Crippen LogP contribution in [0.2, 0.25) is 0 Å². The van der Waals surface area contributed by atoms with Gasteiger partial charge in [-0.05, 0) is 18.9 Å². The van der Waals surface area contributed by atoms with E-state index in [9.17, 15) is 28.1 Å². The summed E-state index contributed by atoms with van der Waals surface area (Å²) in [6, 6.07) is 2.57. The Kier molecular flexibility index (Phi) is 7.68. The van der Waals surface area contributed by atoms with Crippen molar-refractivity contribution >= 4 is 27.0 Å². The van der Waals surface area contributed by atoms with E-state index in [-0.39, 0.29) is 71.5 Å². The Hall–Kier alpha value is -2.36. The Balaban J connectivity index is 0.00000320. The van der Waals surface area contributed by atoms with Gasteiger partial charge in [0, 0.05) is 31.5 Å². The van der Waals surface area contributed by atoms with Crippen LogP contribution in [0.25, 0.3) is 16.7 Å². The number of unbranched alkanes of at least 4 members (excludes halogenated alkanes) is 1. The molecule has 15 heteroatoms. The molecular weight excluding hydrogens is 431 g/mol. The van der Waals surface area contributed by atoms with Crippen molar-refractivity contribution in [3.63, 3.8) is 0 Å². The van der Waals surface area contributed by atoms with E-state index in [2.05, 4.69) is 9.97 Å². The zero-order valence-corrected chi connectivity index (χ0v) is 18.6. The molecule has 3 N–H and O–H groups in total. The summed E-state index contributed by atoms with van der Waals surface area (Å²) in [6.07, 6.45) is 4.89. The first-order valence-corrected chi connectivity index (χ1v) is 9.77. The van der Waals surface area contributed by atoms with E-state index >= 15 is 0 Å². The molecule has 0 aliphatic rings. The Morgan fingerprint density at radius 2 is 2.00 bits per heavy atom. The Labute approximate surface area is 191 Å². The van der Waals surface area contributed by atoms with Gasteiger partial charge in [0.15, 0.2) is 0 Å². The van der Waals surface area contributed by atoms with Crippen molar-refractivity contribution in [2.24, 2.45) is 0 Å². The number of aromatic nitrogens is 4. The molecule has 0 bridgehead atoms. The van der Waals surface area contributed by atoms with Crippen molar-refractivity contribution in [2.75, 3.05) is 6.54 Å². The third-order valence-electron chi connectivity index (χ3n) is 4.14. The number of hydrogen-bond donors (Lipinski definition) is 3. The van der Waals surface area contributed by atoms with Crippen LogP contribution >= 0.6 is 0 Å². The van der Waals surface area contributed by atoms with Crippen molar-refractivity contribution in [3.05, 3.63) is 61.7 Å². The molecule has 0 aliphatic carbocycles. The molecule has 3 aromatic rings. The summed E-state index contributed by atoms with van der Waals surface area (Å²) in [5.41, 5.74) is -1.52. The third kappa shape index (κ3) is 5.41. The molecule has 0 aliphatic heterocycles. The molecule has 2 heterocycles. The molecule has 1 aromatic carbocycles. The molecule has 0 spiro atoms. The van der Waals surface area contributed by atoms with Crippen LogP contribution in [0.5, 0.6) is 0 Å². The summed E-state index contributed by atoms with van der Waals surface area (Å²) in [7, 11) is -4.31. The predicted octanol–water partition coefficient (Wildman–Crippen LogP) is -3.04. The van der Waals surface area contributed by atoms with Crippen molar-refractivity contribution in [1.82, 2.24) is 23.8 Å². The van der Waals surface area contributed by atoms with E-state index in [1.807, 2.05) is 4.72 Å². The summed E-state index contributed by atoms with van der Waals surface area (Å²) in [6.45, 7) is 0.00799. The van der Waals surface area contributed by atoms with E-state index < -0.39 is 26.3 Å². The van der Waals surface area contributed by atoms with Gasteiger partial charge in [-0.1, -0.05) is 0 Å². The van der Waals surface area contributed by atoms with Crippen LogP contribution in [-0.2, 0) is 16.8 Å². The second kappa shape index (κ2) is 9.63. The van der Waals surface area contributed by atoms with E-state index in [1.165, 1.54) is 40.0 Å². The monoisotopic (exact) mass is 447 g/mol. The minimum Gasteiger partial charge on any atom is -0.316 e. The molecule has 0 saturated carbocycles. The van der Waals surface area contributed by atoms with Crippen molar-refractivity contribution in [1.29, 1.82) is 0 Å². The second-order valence-electron chi connectivity index (χ2n) is 6.07. The summed E-state index contributed by atoms with van der Waals surface area (Å²) in [5.74, 6) is 0. The van der Waals surface area contributed by atoms with E-state index in [4.69, 9.17) is 4.55 Å². The van der Waals surface area contributed by atoms with Crippen LogP contribution in [0.4, 0.5) is 5.69 Å². The molecule has 0 atom stereocenters. The van der Waals surface area contributed by atoms with E-state index in [0.29, 0.717) is 6.42 Å². The number of nitro benzene ring substituents is 1. The van der Waals surface area contributed by atoms with Crippen LogP contribution in [-0.4, -0.2) is 43.5 Å². The average Bonchev–Trinajstić information content (AvgIpc) is 3.17. The summed E-state index contributed by atoms with van der Waals surface area (Å²) < 4.78 is 34.4. The van der Waals surface area contributed by atoms with Gasteiger partial charge < -0.3 is 14.1 Å². The maximum atomic E-state index is 12.3. The van der Waals surface area contributed by atoms with Gasteiger partial charge in [0.25, 0.3) is 5.69 Å². The number of hydrogen-bond acceptors (Lipinski definition) is 7. The maximum absolute atomic E-state index is 12.3. The number of H-pyrrole nitrogens is 1. The van der Waals surface area contributed by atoms with Crippen molar-refractivity contribution < 1.29 is 47.5 Å². The molecule has 13 nitrogen and oxygen atoms in total. The molecular formula is C15H16N6NaO7S+. The molecule has 0 fully saturated rings. The summed E-state index contributed by atoms with van der Waals surface area (Å²) in [4.78, 5) is 41.4. The number of rotatable bonds is 8. The molecule has 30 heavy (non-hydrogen) atoms. The van der Waals surface area contributed by atoms with Crippen molar-refractivity contribution in [2.45, 2.75) is 19.4 Å². The van der Waals surface area contributed by atoms with Gasteiger partial charge in [0.05, 0.1) is 22.3 Å². The topological polar surface area (TPSA) is 182 Å². The minimum absolute atomic E-state index is 0. The van der Waals surface area contributed by atoms with E-state index in [1.54, 1.807) is 0 Å². The van der Waals surface area contributed by atoms with Gasteiger partial charge in [-0.15, -0.1) is 0 Å². The van der Waals surface area contributed by atoms with Crippen LogP contribution in [0.1, 0.15) is 12.8 Å². The van der Waals surface area contributed by atoms with Gasteiger partial charge in [-0.2, -0.15) is 13.1 Å². The average molecular weight is 447 g/mol. The molecule has 2 aromatic heterocycles. The zero-order valence-electron chi connectivity index (χ0n) is 15.8. The fourth-order valence-electron chi connectivity index (χ4n) is 2.87. The molecule has 0 unspecified atom stereocenters. The molecule has 0 radical (unpaired) electrons. The molecule has 154 valence electrons. The first kappa shape index (κ1) is 23.9. The molecule has 0 amide bonds. The first-order chi connectivity index (χ1) is 13.7. The summed E-state index contributed by atoms with van der Waals surface area (Å²) in [5, 5.41) is 11.5. The zero-order chi connectivity index (χ0) is 21.2. The third-order valence-corrected chi connectivity index (χ3v) is 4.71. The van der Waals surface area contributed by atoms with Gasteiger partial charge in [0.1, 0.15) is 5.69 Å². The van der Waals surface area contributed by atoms with Crippen molar-refractivity contribution in [3.8, 4) is 5.69 Å². The number of nitrogens with zero attached hydrogens (tertiary/aromatic N) is 4. The van der Waals surface area contributed by atoms with Crippen LogP contribution in [0.15, 0.2) is 40.4 Å². The smallest absolute Gasteiger partial charge is 0.316 e. The number of fused-ring (bicyclic) bond motifs is 1. The fraction of sp³-hybridized carbons (Fsp3) is 0.267. The number of imidazole rings is 1. The number of nitrogens with one attached hydrogen (secondary N) is 2. The Bertz CT molecular complexity index is 1280. The molecule has 3 rings (SSSR count). The largest absolute Gasteiger partial charge is 1.00 e. The number of aryl methyl sites for hydroxylation is 1. The first-order valence-electron chi connectivity index (χ1n) is 8.33. The van der Waals surface area contributed by atoms with E-state index in [0.717, 1.165) is 0 Å². The van der Waals surface area contributed by atoms with Gasteiger partial charge >= 0.3 is 51.0 Å². The Morgan fingerprint density at radius 3 is 2.60 bits per heavy atom. The second-order valence-corrected chi connectivity index (χ2v) is 7.31. The van der Waals surface area contributed by atoms with Crippen LogP contribution in [0, 0.1) is 10.1 Å². The summed E-state index contributed by atoms with van der Waals surface area (Å²) >= 11 is 0. The predicted molar refractivity (Wildman–Crippen MR) is 101 cm³/mol. The SMILES string of the molecule is O=c1[nH]c2cc([N+](=O)[O-])c(-n3ccnc3)cc2n(CCCCNS(=O)(=O)O)c1=O.[Na+]. The van der Waals surface area contributed by atoms with Gasteiger partial charge in [-0.3, -0.25) is 24.3 Å². The van der Waals surface area contributed by atoms with Crippen LogP contribution in [0.3, 0.4) is 0 Å². The van der Waals surface area contributed by atoms with Crippen LogP contribution < -0.4 is 45.4 Å². The standard InChI is InChI=1S/C15H16N6O7S.Na/c22-14-15(23)20(5-2-1-3-17-29(26,27)28)11-8-12(19-6-4-16-9-19)13(21(24)25)7-10(11)18-14;/h4,6-9,17H,1-3,5H2,(H,18,22)(H,26,27,28);/q;+1. The minimum atomic E-state index is -4.31. The number of benzene rings is 1. The quantitative estimate of drug-likeness (QED) is 0.0813. The maximum Gasteiger partial charge on any atom is 1.00 e. The van der Waals surface area contributed by atoms with Gasteiger partial charge in [0.2, 0.25) is 0 Å².